The molecule has 1 atom stereocenters. The van der Waals surface area contributed by atoms with Crippen LogP contribution in [0.5, 0.6) is 0 Å². The SMILES string of the molecule is CC(C)(C)OC(=O)NC1CCCN(C(=O)c2cccnc2Cl)C1. The topological polar surface area (TPSA) is 71.5 Å². The average Bonchev–Trinajstić information content (AvgIpc) is 2.45. The lowest BCUT2D eigenvalue weighted by Crippen LogP contribution is -2.50. The van der Waals surface area contributed by atoms with Crippen molar-refractivity contribution in [1.29, 1.82) is 0 Å². The summed E-state index contributed by atoms with van der Waals surface area (Å²) in [4.78, 5) is 30.0. The van der Waals surface area contributed by atoms with Crippen molar-refractivity contribution in [1.82, 2.24) is 15.2 Å². The molecule has 126 valence electrons. The predicted molar refractivity (Wildman–Crippen MR) is 87.5 cm³/mol. The number of alkyl carbamates (subject to hydrolysis) is 1. The van der Waals surface area contributed by atoms with Gasteiger partial charge in [0, 0.05) is 25.3 Å². The number of aromatic nitrogens is 1. The molecule has 1 aliphatic rings. The Morgan fingerprint density at radius 1 is 1.43 bits per heavy atom. The van der Waals surface area contributed by atoms with Crippen LogP contribution in [-0.4, -0.2) is 46.6 Å². The lowest BCUT2D eigenvalue weighted by molar-refractivity contribution is 0.0452. The summed E-state index contributed by atoms with van der Waals surface area (Å²) in [7, 11) is 0. The van der Waals surface area contributed by atoms with Crippen LogP contribution in [0.2, 0.25) is 5.15 Å². The summed E-state index contributed by atoms with van der Waals surface area (Å²) >= 11 is 5.98. The zero-order chi connectivity index (χ0) is 17.0. The third kappa shape index (κ3) is 5.10. The Morgan fingerprint density at radius 2 is 2.17 bits per heavy atom. The van der Waals surface area contributed by atoms with Gasteiger partial charge < -0.3 is 15.0 Å². The molecule has 0 radical (unpaired) electrons. The summed E-state index contributed by atoms with van der Waals surface area (Å²) < 4.78 is 5.26. The molecule has 0 aromatic carbocycles. The second kappa shape index (κ2) is 7.17. The number of likely N-dealkylation sites (tertiary alicyclic amines) is 1. The Kier molecular flexibility index (Phi) is 5.46. The van der Waals surface area contributed by atoms with Crippen molar-refractivity contribution in [3.63, 3.8) is 0 Å². The number of carbonyl (C=O) groups excluding carboxylic acids is 2. The van der Waals surface area contributed by atoms with Gasteiger partial charge in [-0.15, -0.1) is 0 Å². The molecule has 23 heavy (non-hydrogen) atoms. The van der Waals surface area contributed by atoms with Gasteiger partial charge >= 0.3 is 6.09 Å². The number of pyridine rings is 1. The fourth-order valence-electron chi connectivity index (χ4n) is 2.47. The van der Waals surface area contributed by atoms with Gasteiger partial charge in [-0.3, -0.25) is 4.79 Å². The highest BCUT2D eigenvalue weighted by atomic mass is 35.5. The Labute approximate surface area is 141 Å². The second-order valence-electron chi connectivity index (χ2n) is 6.58. The molecule has 2 heterocycles. The van der Waals surface area contributed by atoms with Crippen LogP contribution in [0, 0.1) is 0 Å². The molecule has 0 spiro atoms. The van der Waals surface area contributed by atoms with Crippen LogP contribution in [0.25, 0.3) is 0 Å². The smallest absolute Gasteiger partial charge is 0.407 e. The van der Waals surface area contributed by atoms with Crippen molar-refractivity contribution in [2.24, 2.45) is 0 Å². The third-order valence-electron chi connectivity index (χ3n) is 3.42. The Balaban J connectivity index is 1.97. The molecular weight excluding hydrogens is 318 g/mol. The van der Waals surface area contributed by atoms with E-state index >= 15 is 0 Å². The number of carbonyl (C=O) groups is 2. The van der Waals surface area contributed by atoms with Gasteiger partial charge in [0.25, 0.3) is 5.91 Å². The van der Waals surface area contributed by atoms with Gasteiger partial charge in [-0.1, -0.05) is 11.6 Å². The summed E-state index contributed by atoms with van der Waals surface area (Å²) in [6, 6.07) is 3.21. The van der Waals surface area contributed by atoms with E-state index in [1.807, 2.05) is 20.8 Å². The highest BCUT2D eigenvalue weighted by Crippen LogP contribution is 2.18. The predicted octanol–water partition coefficient (Wildman–Crippen LogP) is 2.86. The van der Waals surface area contributed by atoms with Crippen LogP contribution < -0.4 is 5.32 Å². The number of amides is 2. The molecule has 1 unspecified atom stereocenters. The summed E-state index contributed by atoms with van der Waals surface area (Å²) in [5.74, 6) is -0.168. The van der Waals surface area contributed by atoms with E-state index in [1.54, 1.807) is 23.2 Å². The molecule has 0 aliphatic carbocycles. The zero-order valence-electron chi connectivity index (χ0n) is 13.6. The molecule has 1 fully saturated rings. The minimum atomic E-state index is -0.544. The van der Waals surface area contributed by atoms with Crippen molar-refractivity contribution in [2.45, 2.75) is 45.3 Å². The van der Waals surface area contributed by atoms with E-state index in [2.05, 4.69) is 10.3 Å². The van der Waals surface area contributed by atoms with Gasteiger partial charge in [0.05, 0.1) is 5.56 Å². The molecular formula is C16H22ClN3O3. The molecule has 7 heteroatoms. The molecule has 2 rings (SSSR count). The van der Waals surface area contributed by atoms with Crippen molar-refractivity contribution in [2.75, 3.05) is 13.1 Å². The standard InChI is InChI=1S/C16H22ClN3O3/c1-16(2,3)23-15(22)19-11-6-5-9-20(10-11)14(21)12-7-4-8-18-13(12)17/h4,7-8,11H,5-6,9-10H2,1-3H3,(H,19,22). The molecule has 1 N–H and O–H groups in total. The van der Waals surface area contributed by atoms with Crippen molar-refractivity contribution < 1.29 is 14.3 Å². The molecule has 2 amide bonds. The second-order valence-corrected chi connectivity index (χ2v) is 6.94. The lowest BCUT2D eigenvalue weighted by Gasteiger charge is -2.33. The quantitative estimate of drug-likeness (QED) is 0.841. The van der Waals surface area contributed by atoms with E-state index in [0.29, 0.717) is 18.7 Å². The van der Waals surface area contributed by atoms with Gasteiger partial charge in [-0.05, 0) is 45.7 Å². The maximum Gasteiger partial charge on any atom is 0.407 e. The van der Waals surface area contributed by atoms with Crippen LogP contribution in [-0.2, 0) is 4.74 Å². The van der Waals surface area contributed by atoms with E-state index in [4.69, 9.17) is 16.3 Å². The van der Waals surface area contributed by atoms with Gasteiger partial charge in [-0.25, -0.2) is 9.78 Å². The highest BCUT2D eigenvalue weighted by Gasteiger charge is 2.28. The minimum Gasteiger partial charge on any atom is -0.444 e. The van der Waals surface area contributed by atoms with Gasteiger partial charge in [0.15, 0.2) is 0 Å². The maximum atomic E-state index is 12.5. The first-order valence-electron chi connectivity index (χ1n) is 7.65. The number of ether oxygens (including phenoxy) is 1. The van der Waals surface area contributed by atoms with E-state index in [1.165, 1.54) is 0 Å². The fraction of sp³-hybridized carbons (Fsp3) is 0.562. The fourth-order valence-corrected chi connectivity index (χ4v) is 2.67. The maximum absolute atomic E-state index is 12.5. The van der Waals surface area contributed by atoms with Gasteiger partial charge in [-0.2, -0.15) is 0 Å². The zero-order valence-corrected chi connectivity index (χ0v) is 14.4. The largest absolute Gasteiger partial charge is 0.444 e. The molecule has 1 saturated heterocycles. The van der Waals surface area contributed by atoms with E-state index < -0.39 is 11.7 Å². The first-order valence-corrected chi connectivity index (χ1v) is 8.03. The number of halogens is 1. The summed E-state index contributed by atoms with van der Waals surface area (Å²) in [5, 5.41) is 3.02. The Morgan fingerprint density at radius 3 is 2.83 bits per heavy atom. The van der Waals surface area contributed by atoms with E-state index in [0.717, 1.165) is 12.8 Å². The number of nitrogens with zero attached hydrogens (tertiary/aromatic N) is 2. The highest BCUT2D eigenvalue weighted by molar-refractivity contribution is 6.32. The Bertz CT molecular complexity index is 586. The number of nitrogens with one attached hydrogen (secondary N) is 1. The lowest BCUT2D eigenvalue weighted by atomic mass is 10.0. The third-order valence-corrected chi connectivity index (χ3v) is 3.72. The van der Waals surface area contributed by atoms with E-state index in [9.17, 15) is 9.59 Å². The summed E-state index contributed by atoms with van der Waals surface area (Å²) in [6.45, 7) is 6.51. The molecule has 0 saturated carbocycles. The van der Waals surface area contributed by atoms with Crippen LogP contribution in [0.3, 0.4) is 0 Å². The van der Waals surface area contributed by atoms with Crippen LogP contribution >= 0.6 is 11.6 Å². The van der Waals surface area contributed by atoms with Gasteiger partial charge in [0.2, 0.25) is 0 Å². The average molecular weight is 340 g/mol. The van der Waals surface area contributed by atoms with E-state index in [-0.39, 0.29) is 17.1 Å². The van der Waals surface area contributed by atoms with Crippen molar-refractivity contribution in [3.8, 4) is 0 Å². The first kappa shape index (κ1) is 17.5. The summed E-state index contributed by atoms with van der Waals surface area (Å²) in [5.41, 5.74) is -0.163. The molecule has 1 aliphatic heterocycles. The van der Waals surface area contributed by atoms with Crippen molar-refractivity contribution in [3.05, 3.63) is 29.0 Å². The monoisotopic (exact) mass is 339 g/mol. The van der Waals surface area contributed by atoms with Crippen LogP contribution in [0.1, 0.15) is 44.0 Å². The number of piperidine rings is 1. The molecule has 1 aromatic rings. The normalized spacial score (nSPS) is 18.4. The molecule has 0 bridgehead atoms. The van der Waals surface area contributed by atoms with Gasteiger partial charge in [0.1, 0.15) is 10.8 Å². The number of hydrogen-bond donors (Lipinski definition) is 1. The van der Waals surface area contributed by atoms with Crippen molar-refractivity contribution >= 4 is 23.6 Å². The first-order chi connectivity index (χ1) is 10.8. The number of rotatable bonds is 2. The minimum absolute atomic E-state index is 0.127. The van der Waals surface area contributed by atoms with Crippen LogP contribution in [0.4, 0.5) is 4.79 Å². The van der Waals surface area contributed by atoms with Crippen LogP contribution in [0.15, 0.2) is 18.3 Å². The number of hydrogen-bond acceptors (Lipinski definition) is 4. The summed E-state index contributed by atoms with van der Waals surface area (Å²) in [6.07, 6.45) is 2.70. The molecule has 6 nitrogen and oxygen atoms in total. The Hall–Kier alpha value is -1.82. The molecule has 1 aromatic heterocycles.